The number of amides is 1. The Labute approximate surface area is 212 Å². The van der Waals surface area contributed by atoms with Crippen LogP contribution in [0.25, 0.3) is 10.9 Å². The Morgan fingerprint density at radius 3 is 2.56 bits per heavy atom. The maximum absolute atomic E-state index is 13.4. The number of carbonyl (C=O) groups is 1. The van der Waals surface area contributed by atoms with Crippen molar-refractivity contribution in [3.05, 3.63) is 63.2 Å². The fourth-order valence-corrected chi connectivity index (χ4v) is 5.79. The molecule has 0 spiro atoms. The summed E-state index contributed by atoms with van der Waals surface area (Å²) in [4.78, 5) is 30.9. The number of thioether (sulfide) groups is 1. The van der Waals surface area contributed by atoms with E-state index in [-0.39, 0.29) is 23.9 Å². The molecule has 10 heteroatoms. The summed E-state index contributed by atoms with van der Waals surface area (Å²) in [6, 6.07) is 9.57. The van der Waals surface area contributed by atoms with Crippen LogP contribution in [-0.4, -0.2) is 52.4 Å². The summed E-state index contributed by atoms with van der Waals surface area (Å²) in [5, 5.41) is 3.75. The zero-order valence-corrected chi connectivity index (χ0v) is 21.5. The number of nitrogens with one attached hydrogen (secondary N) is 2. The number of alkyl halides is 3. The smallest absolute Gasteiger partial charge is 0.348 e. The molecule has 194 valence electrons. The van der Waals surface area contributed by atoms with Crippen molar-refractivity contribution in [2.24, 2.45) is 5.92 Å². The lowest BCUT2D eigenvalue weighted by atomic mass is 9.96. The minimum Gasteiger partial charge on any atom is -0.348 e. The second kappa shape index (κ2) is 10.7. The van der Waals surface area contributed by atoms with Crippen LogP contribution < -0.4 is 10.9 Å². The van der Waals surface area contributed by atoms with Crippen LogP contribution >= 0.6 is 11.8 Å². The number of benzene rings is 1. The van der Waals surface area contributed by atoms with E-state index in [1.54, 1.807) is 0 Å². The van der Waals surface area contributed by atoms with Crippen molar-refractivity contribution >= 4 is 28.6 Å². The van der Waals surface area contributed by atoms with Crippen molar-refractivity contribution in [1.29, 1.82) is 0 Å². The van der Waals surface area contributed by atoms with Crippen LogP contribution in [0.4, 0.5) is 13.2 Å². The highest BCUT2D eigenvalue weighted by Crippen LogP contribution is 2.30. The number of hydrogen-bond acceptors (Lipinski definition) is 4. The van der Waals surface area contributed by atoms with Gasteiger partial charge in [0, 0.05) is 45.8 Å². The quantitative estimate of drug-likeness (QED) is 0.436. The molecule has 1 amide bonds. The SMILES string of the molecule is CSc1cc(C)[nH]c(=O)c1CNC(=O)c1c(C)n(CC2CCN(CC(F)(F)F)CC2)c2ccccc12. The Balaban J connectivity index is 1.53. The number of fused-ring (bicyclic) bond motifs is 1. The highest BCUT2D eigenvalue weighted by molar-refractivity contribution is 7.98. The molecule has 36 heavy (non-hydrogen) atoms. The van der Waals surface area contributed by atoms with Gasteiger partial charge in [-0.05, 0) is 64.1 Å². The monoisotopic (exact) mass is 520 g/mol. The first-order valence-corrected chi connectivity index (χ1v) is 13.2. The Morgan fingerprint density at radius 1 is 1.19 bits per heavy atom. The van der Waals surface area contributed by atoms with E-state index in [1.807, 2.05) is 50.4 Å². The summed E-state index contributed by atoms with van der Waals surface area (Å²) in [5.41, 5.74) is 3.38. The maximum atomic E-state index is 13.4. The summed E-state index contributed by atoms with van der Waals surface area (Å²) >= 11 is 1.46. The van der Waals surface area contributed by atoms with Gasteiger partial charge in [-0.3, -0.25) is 14.5 Å². The van der Waals surface area contributed by atoms with Gasteiger partial charge in [0.05, 0.1) is 12.1 Å². The molecular formula is C26H31F3N4O2S. The van der Waals surface area contributed by atoms with E-state index in [9.17, 15) is 22.8 Å². The van der Waals surface area contributed by atoms with Crippen molar-refractivity contribution < 1.29 is 18.0 Å². The zero-order valence-electron chi connectivity index (χ0n) is 20.7. The summed E-state index contributed by atoms with van der Waals surface area (Å²) in [6.45, 7) is 4.45. The fraction of sp³-hybridized carbons (Fsp3) is 0.462. The molecule has 0 radical (unpaired) electrons. The summed E-state index contributed by atoms with van der Waals surface area (Å²) in [6.07, 6.45) is -0.929. The van der Waals surface area contributed by atoms with Crippen molar-refractivity contribution in [2.45, 2.75) is 50.9 Å². The van der Waals surface area contributed by atoms with Crippen LogP contribution in [0.3, 0.4) is 0 Å². The van der Waals surface area contributed by atoms with Gasteiger partial charge >= 0.3 is 6.18 Å². The van der Waals surface area contributed by atoms with Crippen LogP contribution in [0.5, 0.6) is 0 Å². The van der Waals surface area contributed by atoms with Gasteiger partial charge < -0.3 is 14.9 Å². The molecule has 2 aromatic heterocycles. The molecule has 0 saturated carbocycles. The molecule has 2 N–H and O–H groups in total. The predicted octanol–water partition coefficient (Wildman–Crippen LogP) is 4.87. The topological polar surface area (TPSA) is 70.1 Å². The predicted molar refractivity (Wildman–Crippen MR) is 137 cm³/mol. The van der Waals surface area contributed by atoms with Crippen molar-refractivity contribution in [1.82, 2.24) is 19.8 Å². The highest BCUT2D eigenvalue weighted by Gasteiger charge is 2.33. The number of carbonyl (C=O) groups excluding carboxylic acids is 1. The third-order valence-corrected chi connectivity index (χ3v) is 7.69. The Morgan fingerprint density at radius 2 is 1.89 bits per heavy atom. The minimum atomic E-state index is -4.18. The first-order chi connectivity index (χ1) is 17.1. The van der Waals surface area contributed by atoms with Gasteiger partial charge in [-0.15, -0.1) is 11.8 Å². The number of halogens is 3. The van der Waals surface area contributed by atoms with Gasteiger partial charge in [-0.1, -0.05) is 18.2 Å². The molecule has 1 aliphatic rings. The van der Waals surface area contributed by atoms with Crippen molar-refractivity contribution in [3.8, 4) is 0 Å². The van der Waals surface area contributed by atoms with Crippen molar-refractivity contribution in [2.75, 3.05) is 25.9 Å². The van der Waals surface area contributed by atoms with Gasteiger partial charge in [-0.2, -0.15) is 13.2 Å². The summed E-state index contributed by atoms with van der Waals surface area (Å²) < 4.78 is 40.3. The van der Waals surface area contributed by atoms with E-state index in [0.717, 1.165) is 27.2 Å². The summed E-state index contributed by atoms with van der Waals surface area (Å²) in [7, 11) is 0. The van der Waals surface area contributed by atoms with Crippen LogP contribution in [0.2, 0.25) is 0 Å². The number of pyridine rings is 1. The molecule has 1 aliphatic heterocycles. The van der Waals surface area contributed by atoms with Crippen LogP contribution in [0.1, 0.15) is 40.2 Å². The minimum absolute atomic E-state index is 0.112. The number of aromatic amines is 1. The molecule has 4 rings (SSSR count). The van der Waals surface area contributed by atoms with Crippen LogP contribution in [0.15, 0.2) is 40.0 Å². The zero-order chi connectivity index (χ0) is 26.0. The van der Waals surface area contributed by atoms with Gasteiger partial charge in [0.2, 0.25) is 0 Å². The average molecular weight is 521 g/mol. The van der Waals surface area contributed by atoms with Gasteiger partial charge in [0.15, 0.2) is 0 Å². The van der Waals surface area contributed by atoms with E-state index >= 15 is 0 Å². The number of nitrogens with zero attached hydrogens (tertiary/aromatic N) is 2. The highest BCUT2D eigenvalue weighted by atomic mass is 32.2. The number of rotatable bonds is 7. The molecule has 0 bridgehead atoms. The number of piperidine rings is 1. The molecule has 3 aromatic rings. The van der Waals surface area contributed by atoms with E-state index in [1.165, 1.54) is 16.7 Å². The molecule has 1 fully saturated rings. The molecule has 1 saturated heterocycles. The van der Waals surface area contributed by atoms with Gasteiger partial charge in [-0.25, -0.2) is 0 Å². The third kappa shape index (κ3) is 5.81. The summed E-state index contributed by atoms with van der Waals surface area (Å²) in [5.74, 6) is -0.0235. The lowest BCUT2D eigenvalue weighted by Crippen LogP contribution is -2.40. The normalized spacial score (nSPS) is 15.5. The largest absolute Gasteiger partial charge is 0.401 e. The van der Waals surface area contributed by atoms with Crippen molar-refractivity contribution in [3.63, 3.8) is 0 Å². The number of aryl methyl sites for hydroxylation is 1. The van der Waals surface area contributed by atoms with Gasteiger partial charge in [0.25, 0.3) is 11.5 Å². The average Bonchev–Trinajstić information content (AvgIpc) is 3.09. The maximum Gasteiger partial charge on any atom is 0.401 e. The van der Waals surface area contributed by atoms with E-state index in [2.05, 4.69) is 14.9 Å². The second-order valence-corrected chi connectivity index (χ2v) is 10.3. The van der Waals surface area contributed by atoms with E-state index in [0.29, 0.717) is 43.6 Å². The lowest BCUT2D eigenvalue weighted by Gasteiger charge is -2.32. The number of para-hydroxylation sites is 1. The fourth-order valence-electron chi connectivity index (χ4n) is 5.08. The molecule has 0 atom stereocenters. The Bertz CT molecular complexity index is 1310. The molecule has 3 heterocycles. The molecule has 6 nitrogen and oxygen atoms in total. The Hall–Kier alpha value is -2.72. The molecule has 0 unspecified atom stereocenters. The van der Waals surface area contributed by atoms with Gasteiger partial charge in [0.1, 0.15) is 0 Å². The third-order valence-electron chi connectivity index (χ3n) is 6.88. The standard InChI is InChI=1S/C26H31F3N4O2S/c1-16-12-22(36-3)20(24(34)31-16)13-30-25(35)23-17(2)33(21-7-5-4-6-19(21)23)14-18-8-10-32(11-9-18)15-26(27,28)29/h4-7,12,18H,8-11,13-15H2,1-3H3,(H,30,35)(H,31,34). The number of hydrogen-bond donors (Lipinski definition) is 2. The number of likely N-dealkylation sites (tertiary alicyclic amines) is 1. The molecule has 0 aliphatic carbocycles. The molecular weight excluding hydrogens is 489 g/mol. The first-order valence-electron chi connectivity index (χ1n) is 12.0. The number of H-pyrrole nitrogens is 1. The van der Waals surface area contributed by atoms with E-state index in [4.69, 9.17) is 0 Å². The Kier molecular flexibility index (Phi) is 7.85. The van der Waals surface area contributed by atoms with Crippen LogP contribution in [0, 0.1) is 19.8 Å². The molecule has 1 aromatic carbocycles. The van der Waals surface area contributed by atoms with E-state index < -0.39 is 12.7 Å². The second-order valence-electron chi connectivity index (χ2n) is 9.43. The lowest BCUT2D eigenvalue weighted by molar-refractivity contribution is -0.148. The number of aromatic nitrogens is 2. The van der Waals surface area contributed by atoms with Crippen LogP contribution in [-0.2, 0) is 13.1 Å². The first kappa shape index (κ1) is 26.3.